The molecule has 0 aliphatic carbocycles. The number of piperidine rings is 1. The molecule has 2 fully saturated rings. The summed E-state index contributed by atoms with van der Waals surface area (Å²) in [6.45, 7) is 2.66. The number of hydrogen-bond acceptors (Lipinski definition) is 6. The molecule has 0 atom stereocenters. The maximum absolute atomic E-state index is 13.0. The molecule has 10 heteroatoms. The number of sulfone groups is 1. The van der Waals surface area contributed by atoms with Crippen molar-refractivity contribution in [2.45, 2.75) is 17.6 Å². The lowest BCUT2D eigenvalue weighted by Gasteiger charge is -2.41. The zero-order valence-electron chi connectivity index (χ0n) is 14.6. The lowest BCUT2D eigenvalue weighted by atomic mass is 9.95. The molecule has 146 valence electrons. The number of piperazine rings is 1. The number of carbonyl (C=O) groups excluding carboxylic acids is 2. The first-order valence-corrected chi connectivity index (χ1v) is 11.1. The summed E-state index contributed by atoms with van der Waals surface area (Å²) < 4.78 is 23.4. The third-order valence-electron chi connectivity index (χ3n) is 5.10. The standard InChI is InChI=1S/C16H23N3O4S2.ClH/c1-25(22,23)16(4-6-17-7-5-16)15(21)19-10-8-18(9-11-19)14(20)13-3-2-12-24-13;/h2-3,12,17H,4-11H2,1H3;1H. The van der Waals surface area contributed by atoms with Gasteiger partial charge in [0.25, 0.3) is 5.91 Å². The summed E-state index contributed by atoms with van der Waals surface area (Å²) in [6, 6.07) is 3.63. The van der Waals surface area contributed by atoms with Crippen LogP contribution < -0.4 is 5.32 Å². The Kier molecular flexibility index (Phi) is 6.70. The highest BCUT2D eigenvalue weighted by Crippen LogP contribution is 2.30. The molecule has 0 saturated carbocycles. The first-order valence-electron chi connectivity index (χ1n) is 8.38. The molecule has 0 aromatic carbocycles. The van der Waals surface area contributed by atoms with Crippen LogP contribution in [0.3, 0.4) is 0 Å². The van der Waals surface area contributed by atoms with Gasteiger partial charge in [0.15, 0.2) is 14.6 Å². The van der Waals surface area contributed by atoms with E-state index in [1.54, 1.807) is 15.9 Å². The summed E-state index contributed by atoms with van der Waals surface area (Å²) in [5.74, 6) is -0.332. The highest BCUT2D eigenvalue weighted by molar-refractivity contribution is 7.92. The molecule has 2 amide bonds. The second kappa shape index (κ2) is 8.24. The van der Waals surface area contributed by atoms with Gasteiger partial charge in [-0.15, -0.1) is 23.7 Å². The van der Waals surface area contributed by atoms with Gasteiger partial charge in [0.2, 0.25) is 5.91 Å². The van der Waals surface area contributed by atoms with Crippen molar-refractivity contribution in [2.24, 2.45) is 0 Å². The van der Waals surface area contributed by atoms with Crippen molar-refractivity contribution < 1.29 is 18.0 Å². The van der Waals surface area contributed by atoms with Gasteiger partial charge in [-0.05, 0) is 37.4 Å². The molecule has 2 saturated heterocycles. The molecule has 3 heterocycles. The minimum absolute atomic E-state index is 0. The topological polar surface area (TPSA) is 86.8 Å². The predicted octanol–water partition coefficient (Wildman–Crippen LogP) is 0.621. The van der Waals surface area contributed by atoms with Crippen molar-refractivity contribution in [3.05, 3.63) is 22.4 Å². The SMILES string of the molecule is CS(=O)(=O)C1(C(=O)N2CCN(C(=O)c3cccs3)CC2)CCNCC1.Cl. The van der Waals surface area contributed by atoms with Gasteiger partial charge in [-0.1, -0.05) is 6.07 Å². The van der Waals surface area contributed by atoms with E-state index in [1.165, 1.54) is 11.3 Å². The zero-order valence-corrected chi connectivity index (χ0v) is 17.1. The van der Waals surface area contributed by atoms with Gasteiger partial charge in [-0.25, -0.2) is 8.42 Å². The van der Waals surface area contributed by atoms with Crippen molar-refractivity contribution >= 4 is 45.4 Å². The largest absolute Gasteiger partial charge is 0.338 e. The summed E-state index contributed by atoms with van der Waals surface area (Å²) in [5, 5.41) is 4.98. The Balaban J connectivity index is 0.00000243. The number of hydrogen-bond donors (Lipinski definition) is 1. The number of thiophene rings is 1. The molecular formula is C16H24ClN3O4S2. The number of halogens is 1. The third kappa shape index (κ3) is 3.90. The van der Waals surface area contributed by atoms with Gasteiger partial charge in [0, 0.05) is 32.4 Å². The first-order chi connectivity index (χ1) is 11.8. The van der Waals surface area contributed by atoms with E-state index in [2.05, 4.69) is 5.32 Å². The Morgan fingerprint density at radius 1 is 1.12 bits per heavy atom. The molecule has 26 heavy (non-hydrogen) atoms. The van der Waals surface area contributed by atoms with Gasteiger partial charge in [0.1, 0.15) is 0 Å². The first kappa shape index (κ1) is 21.1. The fourth-order valence-corrected chi connectivity index (χ4v) is 5.61. The minimum atomic E-state index is -3.51. The fourth-order valence-electron chi connectivity index (χ4n) is 3.53. The number of amides is 2. The van der Waals surface area contributed by atoms with Crippen molar-refractivity contribution in [2.75, 3.05) is 45.5 Å². The van der Waals surface area contributed by atoms with Crippen LogP contribution in [0.4, 0.5) is 0 Å². The highest BCUT2D eigenvalue weighted by Gasteiger charge is 2.50. The van der Waals surface area contributed by atoms with Gasteiger partial charge < -0.3 is 15.1 Å². The monoisotopic (exact) mass is 421 g/mol. The van der Waals surface area contributed by atoms with Crippen molar-refractivity contribution in [3.8, 4) is 0 Å². The molecule has 0 bridgehead atoms. The lowest BCUT2D eigenvalue weighted by Crippen LogP contribution is -2.61. The molecule has 7 nitrogen and oxygen atoms in total. The van der Waals surface area contributed by atoms with Gasteiger partial charge in [-0.2, -0.15) is 0 Å². The maximum Gasteiger partial charge on any atom is 0.264 e. The zero-order chi connectivity index (χ0) is 18.1. The molecule has 1 aromatic heterocycles. The van der Waals surface area contributed by atoms with E-state index in [0.717, 1.165) is 6.26 Å². The molecule has 0 spiro atoms. The summed E-state index contributed by atoms with van der Waals surface area (Å²) in [6.07, 6.45) is 1.77. The van der Waals surface area contributed by atoms with Crippen molar-refractivity contribution in [1.82, 2.24) is 15.1 Å². The quantitative estimate of drug-likeness (QED) is 0.773. The van der Waals surface area contributed by atoms with E-state index in [4.69, 9.17) is 0 Å². The second-order valence-electron chi connectivity index (χ2n) is 6.58. The van der Waals surface area contributed by atoms with Crippen LogP contribution in [0.15, 0.2) is 17.5 Å². The fraction of sp³-hybridized carbons (Fsp3) is 0.625. The number of rotatable bonds is 3. The number of nitrogens with zero attached hydrogens (tertiary/aromatic N) is 2. The summed E-state index contributed by atoms with van der Waals surface area (Å²) >= 11 is 1.40. The summed E-state index contributed by atoms with van der Waals surface area (Å²) in [4.78, 5) is 29.5. The van der Waals surface area contributed by atoms with Gasteiger partial charge >= 0.3 is 0 Å². The van der Waals surface area contributed by atoms with E-state index in [1.807, 2.05) is 11.4 Å². The smallest absolute Gasteiger partial charge is 0.264 e. The normalized spacial score (nSPS) is 20.3. The van der Waals surface area contributed by atoms with Crippen LogP contribution in [0.2, 0.25) is 0 Å². The molecule has 1 aromatic rings. The minimum Gasteiger partial charge on any atom is -0.338 e. The van der Waals surface area contributed by atoms with E-state index in [9.17, 15) is 18.0 Å². The van der Waals surface area contributed by atoms with E-state index in [0.29, 0.717) is 57.0 Å². The lowest BCUT2D eigenvalue weighted by molar-refractivity contribution is -0.136. The Morgan fingerprint density at radius 2 is 1.69 bits per heavy atom. The van der Waals surface area contributed by atoms with E-state index >= 15 is 0 Å². The van der Waals surface area contributed by atoms with Crippen molar-refractivity contribution in [1.29, 1.82) is 0 Å². The average molecular weight is 422 g/mol. The predicted molar refractivity (Wildman–Crippen MR) is 104 cm³/mol. The molecule has 1 N–H and O–H groups in total. The Labute approximate surface area is 164 Å². The highest BCUT2D eigenvalue weighted by atomic mass is 35.5. The molecule has 2 aliphatic rings. The van der Waals surface area contributed by atoms with Crippen LogP contribution in [0.5, 0.6) is 0 Å². The molecule has 2 aliphatic heterocycles. The molecule has 0 radical (unpaired) electrons. The van der Waals surface area contributed by atoms with E-state index in [-0.39, 0.29) is 24.2 Å². The van der Waals surface area contributed by atoms with Crippen LogP contribution >= 0.6 is 23.7 Å². The van der Waals surface area contributed by atoms with Crippen LogP contribution in [-0.2, 0) is 14.6 Å². The van der Waals surface area contributed by atoms with Crippen LogP contribution in [0.1, 0.15) is 22.5 Å². The van der Waals surface area contributed by atoms with Crippen LogP contribution in [-0.4, -0.2) is 80.3 Å². The Bertz CT molecular complexity index is 738. The third-order valence-corrected chi connectivity index (χ3v) is 7.96. The van der Waals surface area contributed by atoms with Gasteiger partial charge in [-0.3, -0.25) is 9.59 Å². The van der Waals surface area contributed by atoms with Crippen LogP contribution in [0.25, 0.3) is 0 Å². The molecular weight excluding hydrogens is 398 g/mol. The second-order valence-corrected chi connectivity index (χ2v) is 9.85. The average Bonchev–Trinajstić information content (AvgIpc) is 3.15. The Hall–Kier alpha value is -1.16. The Morgan fingerprint density at radius 3 is 2.19 bits per heavy atom. The molecule has 3 rings (SSSR count). The van der Waals surface area contributed by atoms with Gasteiger partial charge in [0.05, 0.1) is 4.88 Å². The van der Waals surface area contributed by atoms with Crippen LogP contribution in [0, 0.1) is 0 Å². The molecule has 0 unspecified atom stereocenters. The number of carbonyl (C=O) groups is 2. The number of nitrogens with one attached hydrogen (secondary N) is 1. The van der Waals surface area contributed by atoms with E-state index < -0.39 is 14.6 Å². The summed E-state index contributed by atoms with van der Waals surface area (Å²) in [5.41, 5.74) is 0. The maximum atomic E-state index is 13.0. The summed E-state index contributed by atoms with van der Waals surface area (Å²) in [7, 11) is -3.51. The van der Waals surface area contributed by atoms with Crippen molar-refractivity contribution in [3.63, 3.8) is 0 Å².